The third-order valence-corrected chi connectivity index (χ3v) is 8.25. The monoisotopic (exact) mass is 428 g/mol. The highest BCUT2D eigenvalue weighted by molar-refractivity contribution is 6.44. The van der Waals surface area contributed by atoms with Crippen molar-refractivity contribution in [3.63, 3.8) is 0 Å². The molecular weight excluding hydrogens is 372 g/mol. The lowest BCUT2D eigenvalue weighted by atomic mass is 10.0. The first-order valence-electron chi connectivity index (χ1n) is 13.4. The van der Waals surface area contributed by atoms with Gasteiger partial charge in [-0.2, -0.15) is 0 Å². The van der Waals surface area contributed by atoms with Crippen LogP contribution in [0.2, 0.25) is 6.04 Å². The van der Waals surface area contributed by atoms with Crippen molar-refractivity contribution < 1.29 is 8.85 Å². The third kappa shape index (κ3) is 24.3. The Balaban J connectivity index is 3.03. The summed E-state index contributed by atoms with van der Waals surface area (Å²) < 4.78 is 10.7. The van der Waals surface area contributed by atoms with Crippen LogP contribution in [0.5, 0.6) is 0 Å². The average Bonchev–Trinajstić information content (AvgIpc) is 2.74. The molecule has 0 unspecified atom stereocenters. The van der Waals surface area contributed by atoms with Gasteiger partial charge in [-0.15, -0.1) is 0 Å². The van der Waals surface area contributed by atoms with Gasteiger partial charge in [0.15, 0.2) is 0 Å². The Morgan fingerprint density at radius 1 is 0.379 bits per heavy atom. The van der Waals surface area contributed by atoms with Crippen LogP contribution < -0.4 is 0 Å². The van der Waals surface area contributed by atoms with Gasteiger partial charge in [-0.1, -0.05) is 148 Å². The van der Waals surface area contributed by atoms with Gasteiger partial charge < -0.3 is 8.85 Å². The SMILES string of the molecule is CCCCCCCCCCCCCCCCCCCCCCCC[SiH](OC)OC. The largest absolute Gasteiger partial charge is 0.400 e. The van der Waals surface area contributed by atoms with E-state index in [1.165, 1.54) is 147 Å². The molecule has 0 aliphatic rings. The summed E-state index contributed by atoms with van der Waals surface area (Å²) >= 11 is 0. The molecular formula is C26H56O2Si. The highest BCUT2D eigenvalue weighted by atomic mass is 28.3. The van der Waals surface area contributed by atoms with Crippen LogP contribution in [-0.2, 0) is 8.85 Å². The van der Waals surface area contributed by atoms with Gasteiger partial charge >= 0.3 is 9.28 Å². The number of hydrogen-bond acceptors (Lipinski definition) is 2. The van der Waals surface area contributed by atoms with Crippen molar-refractivity contribution in [2.24, 2.45) is 0 Å². The molecule has 0 aliphatic carbocycles. The van der Waals surface area contributed by atoms with Crippen molar-refractivity contribution in [1.29, 1.82) is 0 Å². The smallest absolute Gasteiger partial charge is 0.320 e. The molecule has 0 N–H and O–H groups in total. The van der Waals surface area contributed by atoms with Crippen LogP contribution >= 0.6 is 0 Å². The molecule has 0 radical (unpaired) electrons. The van der Waals surface area contributed by atoms with Crippen LogP contribution in [-0.4, -0.2) is 23.5 Å². The normalized spacial score (nSPS) is 11.6. The van der Waals surface area contributed by atoms with E-state index in [0.29, 0.717) is 0 Å². The Hall–Kier alpha value is 0.137. The molecule has 0 aliphatic heterocycles. The highest BCUT2D eigenvalue weighted by Gasteiger charge is 2.07. The Labute approximate surface area is 186 Å². The molecule has 0 aromatic carbocycles. The van der Waals surface area contributed by atoms with Gasteiger partial charge in [0.25, 0.3) is 0 Å². The molecule has 29 heavy (non-hydrogen) atoms. The molecule has 0 fully saturated rings. The van der Waals surface area contributed by atoms with E-state index in [4.69, 9.17) is 8.85 Å². The topological polar surface area (TPSA) is 18.5 Å². The summed E-state index contributed by atoms with van der Waals surface area (Å²) in [7, 11) is 2.29. The van der Waals surface area contributed by atoms with Gasteiger partial charge in [0, 0.05) is 14.2 Å². The molecule has 0 saturated heterocycles. The van der Waals surface area contributed by atoms with E-state index >= 15 is 0 Å². The van der Waals surface area contributed by atoms with E-state index in [1.807, 2.05) is 0 Å². The predicted molar refractivity (Wildman–Crippen MR) is 133 cm³/mol. The van der Waals surface area contributed by atoms with Gasteiger partial charge in [-0.3, -0.25) is 0 Å². The molecule has 0 aromatic rings. The fourth-order valence-corrected chi connectivity index (χ4v) is 5.54. The van der Waals surface area contributed by atoms with Crippen LogP contribution in [0.25, 0.3) is 0 Å². The van der Waals surface area contributed by atoms with E-state index in [1.54, 1.807) is 14.2 Å². The van der Waals surface area contributed by atoms with Crippen LogP contribution in [0, 0.1) is 0 Å². The molecule has 0 spiro atoms. The zero-order chi connectivity index (χ0) is 21.3. The lowest BCUT2D eigenvalue weighted by Crippen LogP contribution is -2.18. The molecule has 0 amide bonds. The van der Waals surface area contributed by atoms with Crippen molar-refractivity contribution in [2.75, 3.05) is 14.2 Å². The molecule has 0 heterocycles. The molecule has 0 bridgehead atoms. The summed E-state index contributed by atoms with van der Waals surface area (Å²) in [5.74, 6) is 0. The van der Waals surface area contributed by atoms with Crippen LogP contribution in [0.4, 0.5) is 0 Å². The maximum atomic E-state index is 5.36. The first kappa shape index (κ1) is 29.1. The Morgan fingerprint density at radius 2 is 0.621 bits per heavy atom. The first-order valence-corrected chi connectivity index (χ1v) is 15.2. The number of rotatable bonds is 25. The molecule has 0 saturated carbocycles. The molecule has 176 valence electrons. The second-order valence-corrected chi connectivity index (χ2v) is 11.5. The van der Waals surface area contributed by atoms with Crippen LogP contribution in [0.1, 0.15) is 148 Å². The Morgan fingerprint density at radius 3 is 0.862 bits per heavy atom. The van der Waals surface area contributed by atoms with E-state index < -0.39 is 9.28 Å². The summed E-state index contributed by atoms with van der Waals surface area (Å²) in [5, 5.41) is 0. The summed E-state index contributed by atoms with van der Waals surface area (Å²) in [6.07, 6.45) is 31.8. The maximum absolute atomic E-state index is 5.36. The second kappa shape index (κ2) is 26.2. The summed E-state index contributed by atoms with van der Waals surface area (Å²) in [5.41, 5.74) is 0. The van der Waals surface area contributed by atoms with Crippen LogP contribution in [0.15, 0.2) is 0 Å². The number of unbranched alkanes of at least 4 members (excludes halogenated alkanes) is 21. The first-order chi connectivity index (χ1) is 14.3. The van der Waals surface area contributed by atoms with E-state index in [0.717, 1.165) is 0 Å². The minimum atomic E-state index is -1.29. The van der Waals surface area contributed by atoms with Gasteiger partial charge in [0.1, 0.15) is 0 Å². The minimum Gasteiger partial charge on any atom is -0.400 e. The van der Waals surface area contributed by atoms with Crippen molar-refractivity contribution in [3.05, 3.63) is 0 Å². The highest BCUT2D eigenvalue weighted by Crippen LogP contribution is 2.15. The molecule has 0 atom stereocenters. The van der Waals surface area contributed by atoms with Gasteiger partial charge in [-0.05, 0) is 6.04 Å². The summed E-state index contributed by atoms with van der Waals surface area (Å²) in [6.45, 7) is 2.30. The lowest BCUT2D eigenvalue weighted by Gasteiger charge is -2.10. The van der Waals surface area contributed by atoms with Gasteiger partial charge in [-0.25, -0.2) is 0 Å². The zero-order valence-corrected chi connectivity index (χ0v) is 21.8. The van der Waals surface area contributed by atoms with Crippen molar-refractivity contribution >= 4 is 9.28 Å². The second-order valence-electron chi connectivity index (χ2n) is 9.11. The molecule has 0 aromatic heterocycles. The molecule has 3 heteroatoms. The van der Waals surface area contributed by atoms with E-state index in [-0.39, 0.29) is 0 Å². The van der Waals surface area contributed by atoms with Gasteiger partial charge in [0.2, 0.25) is 0 Å². The quantitative estimate of drug-likeness (QED) is 0.107. The fraction of sp³-hybridized carbons (Fsp3) is 1.00. The minimum absolute atomic E-state index is 1.17. The average molecular weight is 429 g/mol. The van der Waals surface area contributed by atoms with E-state index in [9.17, 15) is 0 Å². The van der Waals surface area contributed by atoms with Crippen LogP contribution in [0.3, 0.4) is 0 Å². The van der Waals surface area contributed by atoms with Crippen molar-refractivity contribution in [1.82, 2.24) is 0 Å². The maximum Gasteiger partial charge on any atom is 0.320 e. The van der Waals surface area contributed by atoms with Crippen molar-refractivity contribution in [2.45, 2.75) is 154 Å². The number of hydrogen-bond donors (Lipinski definition) is 0. The summed E-state index contributed by atoms with van der Waals surface area (Å²) in [4.78, 5) is 0. The molecule has 2 nitrogen and oxygen atoms in total. The third-order valence-electron chi connectivity index (χ3n) is 6.32. The summed E-state index contributed by atoms with van der Waals surface area (Å²) in [6, 6.07) is 1.17. The predicted octanol–water partition coefficient (Wildman–Crippen LogP) is 9.10. The van der Waals surface area contributed by atoms with Crippen molar-refractivity contribution in [3.8, 4) is 0 Å². The standard InChI is InChI=1S/C26H56O2Si/c1-4-5-6-7-8-9-10-11-12-13-14-15-16-17-18-19-20-21-22-23-24-25-26-29(27-2)28-3/h29H,4-26H2,1-3H3. The Bertz CT molecular complexity index is 282. The molecule has 0 rings (SSSR count). The van der Waals surface area contributed by atoms with E-state index in [2.05, 4.69) is 6.92 Å². The Kier molecular flexibility index (Phi) is 26.3. The fourth-order valence-electron chi connectivity index (χ4n) is 4.25. The lowest BCUT2D eigenvalue weighted by molar-refractivity contribution is 0.276. The zero-order valence-electron chi connectivity index (χ0n) is 20.7. The van der Waals surface area contributed by atoms with Gasteiger partial charge in [0.05, 0.1) is 0 Å².